The van der Waals surface area contributed by atoms with Crippen LogP contribution in [0.15, 0.2) is 54.7 Å². The van der Waals surface area contributed by atoms with Gasteiger partial charge >= 0.3 is 0 Å². The van der Waals surface area contributed by atoms with Gasteiger partial charge in [0.15, 0.2) is 0 Å². The van der Waals surface area contributed by atoms with Crippen molar-refractivity contribution in [1.29, 1.82) is 0 Å². The highest BCUT2D eigenvalue weighted by molar-refractivity contribution is 5.97. The van der Waals surface area contributed by atoms with Crippen LogP contribution in [0.2, 0.25) is 0 Å². The van der Waals surface area contributed by atoms with Crippen LogP contribution >= 0.6 is 0 Å². The zero-order valence-corrected chi connectivity index (χ0v) is 11.5. The third kappa shape index (κ3) is 2.94. The molecule has 0 fully saturated rings. The van der Waals surface area contributed by atoms with E-state index in [9.17, 15) is 4.39 Å². The molecule has 0 spiro atoms. The lowest BCUT2D eigenvalue weighted by Crippen LogP contribution is -2.06. The molecule has 0 amide bonds. The maximum absolute atomic E-state index is 13.1. The van der Waals surface area contributed by atoms with Crippen LogP contribution in [0.5, 0.6) is 0 Å². The normalized spacial score (nSPS) is 10.7. The van der Waals surface area contributed by atoms with Crippen LogP contribution < -0.4 is 11.1 Å². The Morgan fingerprint density at radius 1 is 1.10 bits per heavy atom. The lowest BCUT2D eigenvalue weighted by Gasteiger charge is -2.10. The van der Waals surface area contributed by atoms with Crippen molar-refractivity contribution in [3.8, 4) is 0 Å². The number of aromatic nitrogens is 1. The maximum Gasteiger partial charge on any atom is 0.123 e. The van der Waals surface area contributed by atoms with E-state index >= 15 is 0 Å². The summed E-state index contributed by atoms with van der Waals surface area (Å²) in [5, 5.41) is 4.36. The summed E-state index contributed by atoms with van der Waals surface area (Å²) in [6.07, 6.45) is 2.49. The number of hydrogen-bond acceptors (Lipinski definition) is 3. The van der Waals surface area contributed by atoms with E-state index in [4.69, 9.17) is 5.73 Å². The van der Waals surface area contributed by atoms with Gasteiger partial charge < -0.3 is 11.1 Å². The average Bonchev–Trinajstić information content (AvgIpc) is 2.48. The van der Waals surface area contributed by atoms with Gasteiger partial charge in [0.05, 0.1) is 11.2 Å². The van der Waals surface area contributed by atoms with E-state index in [0.29, 0.717) is 5.69 Å². The lowest BCUT2D eigenvalue weighted by atomic mass is 10.1. The first-order valence-electron chi connectivity index (χ1n) is 6.85. The first-order valence-corrected chi connectivity index (χ1v) is 6.85. The van der Waals surface area contributed by atoms with Gasteiger partial charge in [-0.25, -0.2) is 4.39 Å². The van der Waals surface area contributed by atoms with Gasteiger partial charge in [-0.2, -0.15) is 0 Å². The van der Waals surface area contributed by atoms with Gasteiger partial charge in [0.1, 0.15) is 5.82 Å². The first-order chi connectivity index (χ1) is 10.2. The Kier molecular flexibility index (Phi) is 3.69. The number of nitrogens with one attached hydrogen (secondary N) is 1. The SMILES string of the molecule is Nc1cccc2c(NCCc3cccc(F)c3)ccnc12. The molecule has 0 atom stereocenters. The van der Waals surface area contributed by atoms with Gasteiger partial charge in [0.2, 0.25) is 0 Å². The molecular weight excluding hydrogens is 265 g/mol. The molecule has 1 heterocycles. The number of nitrogens with two attached hydrogens (primary N) is 1. The van der Waals surface area contributed by atoms with E-state index in [1.165, 1.54) is 6.07 Å². The Labute approximate surface area is 122 Å². The summed E-state index contributed by atoms with van der Waals surface area (Å²) in [5.74, 6) is -0.199. The molecule has 0 aliphatic carbocycles. The molecule has 0 aliphatic heterocycles. The Morgan fingerprint density at radius 2 is 1.95 bits per heavy atom. The molecule has 0 aliphatic rings. The van der Waals surface area contributed by atoms with Crippen molar-refractivity contribution in [3.63, 3.8) is 0 Å². The molecule has 0 unspecified atom stereocenters. The molecule has 1 aromatic heterocycles. The van der Waals surface area contributed by atoms with E-state index < -0.39 is 0 Å². The molecule has 3 aromatic rings. The van der Waals surface area contributed by atoms with Crippen molar-refractivity contribution in [3.05, 3.63) is 66.1 Å². The molecule has 3 N–H and O–H groups in total. The fourth-order valence-corrected chi connectivity index (χ4v) is 2.39. The monoisotopic (exact) mass is 281 g/mol. The van der Waals surface area contributed by atoms with Gasteiger partial charge in [-0.05, 0) is 36.2 Å². The third-order valence-corrected chi connectivity index (χ3v) is 3.42. The molecule has 106 valence electrons. The van der Waals surface area contributed by atoms with Crippen molar-refractivity contribution in [2.45, 2.75) is 6.42 Å². The highest BCUT2D eigenvalue weighted by Gasteiger charge is 2.04. The fourth-order valence-electron chi connectivity index (χ4n) is 2.39. The Balaban J connectivity index is 1.75. The summed E-state index contributed by atoms with van der Waals surface area (Å²) < 4.78 is 13.1. The van der Waals surface area contributed by atoms with E-state index in [1.807, 2.05) is 30.3 Å². The Morgan fingerprint density at radius 3 is 2.81 bits per heavy atom. The van der Waals surface area contributed by atoms with Crippen molar-refractivity contribution in [2.75, 3.05) is 17.6 Å². The molecule has 0 bridgehead atoms. The van der Waals surface area contributed by atoms with Gasteiger partial charge in [-0.1, -0.05) is 24.3 Å². The van der Waals surface area contributed by atoms with Crippen LogP contribution in [-0.2, 0) is 6.42 Å². The Hall–Kier alpha value is -2.62. The molecule has 0 saturated carbocycles. The van der Waals surface area contributed by atoms with E-state index in [-0.39, 0.29) is 5.82 Å². The van der Waals surface area contributed by atoms with E-state index in [2.05, 4.69) is 10.3 Å². The number of hydrogen-bond donors (Lipinski definition) is 2. The van der Waals surface area contributed by atoms with Crippen LogP contribution in [0.4, 0.5) is 15.8 Å². The number of para-hydroxylation sites is 1. The van der Waals surface area contributed by atoms with Crippen molar-refractivity contribution in [2.24, 2.45) is 0 Å². The molecule has 3 rings (SSSR count). The second kappa shape index (κ2) is 5.79. The lowest BCUT2D eigenvalue weighted by molar-refractivity contribution is 0.625. The number of benzene rings is 2. The molecular formula is C17H16FN3. The van der Waals surface area contributed by atoms with Crippen molar-refractivity contribution < 1.29 is 4.39 Å². The molecule has 0 saturated heterocycles. The van der Waals surface area contributed by atoms with Gasteiger partial charge in [0.25, 0.3) is 0 Å². The first kappa shape index (κ1) is 13.4. The smallest absolute Gasteiger partial charge is 0.123 e. The molecule has 2 aromatic carbocycles. The van der Waals surface area contributed by atoms with E-state index in [0.717, 1.165) is 35.1 Å². The Bertz CT molecular complexity index is 771. The molecule has 4 heteroatoms. The number of rotatable bonds is 4. The van der Waals surface area contributed by atoms with Crippen molar-refractivity contribution in [1.82, 2.24) is 4.98 Å². The van der Waals surface area contributed by atoms with Gasteiger partial charge in [-0.15, -0.1) is 0 Å². The summed E-state index contributed by atoms with van der Waals surface area (Å²) in [6, 6.07) is 14.3. The van der Waals surface area contributed by atoms with Crippen LogP contribution in [-0.4, -0.2) is 11.5 Å². The molecule has 0 radical (unpaired) electrons. The summed E-state index contributed by atoms with van der Waals surface area (Å²) in [5.41, 5.74) is 9.36. The minimum atomic E-state index is -0.199. The molecule has 3 nitrogen and oxygen atoms in total. The maximum atomic E-state index is 13.1. The minimum absolute atomic E-state index is 0.199. The van der Waals surface area contributed by atoms with Gasteiger partial charge in [0, 0.05) is 23.8 Å². The predicted octanol–water partition coefficient (Wildman–Crippen LogP) is 3.61. The third-order valence-electron chi connectivity index (χ3n) is 3.42. The summed E-state index contributed by atoms with van der Waals surface area (Å²) in [7, 11) is 0. The van der Waals surface area contributed by atoms with Crippen LogP contribution in [0.3, 0.4) is 0 Å². The van der Waals surface area contributed by atoms with Crippen LogP contribution in [0.1, 0.15) is 5.56 Å². The summed E-state index contributed by atoms with van der Waals surface area (Å²) in [4.78, 5) is 4.30. The highest BCUT2D eigenvalue weighted by atomic mass is 19.1. The van der Waals surface area contributed by atoms with Crippen LogP contribution in [0, 0.1) is 5.82 Å². The fraction of sp³-hybridized carbons (Fsp3) is 0.118. The topological polar surface area (TPSA) is 50.9 Å². The number of pyridine rings is 1. The number of nitrogens with zero attached hydrogens (tertiary/aromatic N) is 1. The standard InChI is InChI=1S/C17H16FN3/c18-13-4-1-3-12(11-13)7-9-20-16-8-10-21-17-14(16)5-2-6-15(17)19/h1-6,8,10-11H,7,9,19H2,(H,20,21). The average molecular weight is 281 g/mol. The second-order valence-corrected chi connectivity index (χ2v) is 4.91. The van der Waals surface area contributed by atoms with E-state index in [1.54, 1.807) is 18.3 Å². The number of halogens is 1. The summed E-state index contributed by atoms with van der Waals surface area (Å²) in [6.45, 7) is 0.720. The number of nitrogen functional groups attached to an aromatic ring is 1. The van der Waals surface area contributed by atoms with Crippen LogP contribution in [0.25, 0.3) is 10.9 Å². The zero-order chi connectivity index (χ0) is 14.7. The number of fused-ring (bicyclic) bond motifs is 1. The summed E-state index contributed by atoms with van der Waals surface area (Å²) >= 11 is 0. The number of anilines is 2. The molecule has 21 heavy (non-hydrogen) atoms. The second-order valence-electron chi connectivity index (χ2n) is 4.91. The minimum Gasteiger partial charge on any atom is -0.397 e. The van der Waals surface area contributed by atoms with Crippen molar-refractivity contribution >= 4 is 22.3 Å². The predicted molar refractivity (Wildman–Crippen MR) is 84.7 cm³/mol. The van der Waals surface area contributed by atoms with Gasteiger partial charge in [-0.3, -0.25) is 4.98 Å². The highest BCUT2D eigenvalue weighted by Crippen LogP contribution is 2.25. The largest absolute Gasteiger partial charge is 0.397 e. The quantitative estimate of drug-likeness (QED) is 0.718. The zero-order valence-electron chi connectivity index (χ0n) is 11.5.